The number of ether oxygens (including phenoxy) is 1. The van der Waals surface area contributed by atoms with Crippen LogP contribution in [0.1, 0.15) is 32.3 Å². The molecule has 4 heteroatoms. The zero-order valence-corrected chi connectivity index (χ0v) is 13.1. The molecular formula is C17H26N2O2. The van der Waals surface area contributed by atoms with Crippen LogP contribution in [0.3, 0.4) is 0 Å². The van der Waals surface area contributed by atoms with E-state index in [2.05, 4.69) is 31.3 Å². The third-order valence-corrected chi connectivity index (χ3v) is 3.90. The van der Waals surface area contributed by atoms with Crippen molar-refractivity contribution < 1.29 is 9.53 Å². The lowest BCUT2D eigenvalue weighted by Crippen LogP contribution is -2.39. The van der Waals surface area contributed by atoms with Crippen LogP contribution in [-0.4, -0.2) is 37.2 Å². The molecule has 0 bridgehead atoms. The highest BCUT2D eigenvalue weighted by Gasteiger charge is 2.22. The van der Waals surface area contributed by atoms with E-state index in [-0.39, 0.29) is 6.03 Å². The molecule has 1 N–H and O–H groups in total. The summed E-state index contributed by atoms with van der Waals surface area (Å²) in [5.41, 5.74) is 2.14. The number of carbonyl (C=O) groups excluding carboxylic acids is 1. The first-order valence-electron chi connectivity index (χ1n) is 7.95. The second-order valence-electron chi connectivity index (χ2n) is 5.66. The monoisotopic (exact) mass is 290 g/mol. The van der Waals surface area contributed by atoms with E-state index in [4.69, 9.17) is 4.74 Å². The number of hydrogen-bond donors (Lipinski definition) is 1. The second kappa shape index (κ2) is 8.03. The fourth-order valence-electron chi connectivity index (χ4n) is 2.61. The van der Waals surface area contributed by atoms with E-state index in [1.165, 1.54) is 5.56 Å². The molecule has 0 aliphatic carbocycles. The standard InChI is InChI=1S/C17H26N2O2/c1-3-10-19(12-15-9-11-21-13-15)17(20)18-16-7-5-14(4-2)6-8-16/h5-8,15H,3-4,9-13H2,1-2H3,(H,18,20). The molecule has 1 aromatic carbocycles. The Morgan fingerprint density at radius 3 is 2.67 bits per heavy atom. The van der Waals surface area contributed by atoms with Gasteiger partial charge < -0.3 is 15.0 Å². The Balaban J connectivity index is 1.92. The molecule has 1 unspecified atom stereocenters. The summed E-state index contributed by atoms with van der Waals surface area (Å²) in [5.74, 6) is 0.477. The lowest BCUT2D eigenvalue weighted by atomic mass is 10.1. The predicted molar refractivity (Wildman–Crippen MR) is 85.6 cm³/mol. The third kappa shape index (κ3) is 4.74. The smallest absolute Gasteiger partial charge is 0.321 e. The molecule has 1 aromatic rings. The van der Waals surface area contributed by atoms with Gasteiger partial charge in [0.25, 0.3) is 0 Å². The van der Waals surface area contributed by atoms with Crippen molar-refractivity contribution in [3.05, 3.63) is 29.8 Å². The molecule has 1 atom stereocenters. The first kappa shape index (κ1) is 15.8. The number of carbonyl (C=O) groups is 1. The Bertz CT molecular complexity index is 439. The van der Waals surface area contributed by atoms with Crippen LogP contribution in [-0.2, 0) is 11.2 Å². The Morgan fingerprint density at radius 2 is 2.10 bits per heavy atom. The van der Waals surface area contributed by atoms with Gasteiger partial charge in [0.15, 0.2) is 0 Å². The third-order valence-electron chi connectivity index (χ3n) is 3.90. The maximum Gasteiger partial charge on any atom is 0.321 e. The summed E-state index contributed by atoms with van der Waals surface area (Å²) in [6, 6.07) is 8.06. The zero-order chi connectivity index (χ0) is 15.1. The molecule has 21 heavy (non-hydrogen) atoms. The molecule has 1 fully saturated rings. The Morgan fingerprint density at radius 1 is 1.33 bits per heavy atom. The molecule has 116 valence electrons. The number of nitrogens with one attached hydrogen (secondary N) is 1. The number of amides is 2. The van der Waals surface area contributed by atoms with Gasteiger partial charge in [-0.05, 0) is 37.0 Å². The minimum Gasteiger partial charge on any atom is -0.381 e. The molecule has 2 amide bonds. The number of benzene rings is 1. The maximum atomic E-state index is 12.4. The van der Waals surface area contributed by atoms with Crippen molar-refractivity contribution in [1.29, 1.82) is 0 Å². The minimum absolute atomic E-state index is 0.00648. The van der Waals surface area contributed by atoms with Gasteiger partial charge in [-0.1, -0.05) is 26.0 Å². The number of hydrogen-bond acceptors (Lipinski definition) is 2. The Kier molecular flexibility index (Phi) is 6.05. The minimum atomic E-state index is -0.00648. The van der Waals surface area contributed by atoms with Gasteiger partial charge in [-0.3, -0.25) is 0 Å². The fourth-order valence-corrected chi connectivity index (χ4v) is 2.61. The van der Waals surface area contributed by atoms with Crippen LogP contribution in [0.5, 0.6) is 0 Å². The highest BCUT2D eigenvalue weighted by atomic mass is 16.5. The van der Waals surface area contributed by atoms with Gasteiger partial charge in [-0.25, -0.2) is 4.79 Å². The van der Waals surface area contributed by atoms with Crippen LogP contribution < -0.4 is 5.32 Å². The average molecular weight is 290 g/mol. The van der Waals surface area contributed by atoms with Gasteiger partial charge in [0, 0.05) is 31.3 Å². The number of aryl methyl sites for hydroxylation is 1. The highest BCUT2D eigenvalue weighted by molar-refractivity contribution is 5.89. The lowest BCUT2D eigenvalue weighted by molar-refractivity contribution is 0.169. The number of nitrogens with zero attached hydrogens (tertiary/aromatic N) is 1. The molecule has 0 saturated carbocycles. The molecular weight excluding hydrogens is 264 g/mol. The van der Waals surface area contributed by atoms with Gasteiger partial charge in [-0.15, -0.1) is 0 Å². The van der Waals surface area contributed by atoms with E-state index in [0.29, 0.717) is 5.92 Å². The topological polar surface area (TPSA) is 41.6 Å². The van der Waals surface area contributed by atoms with Crippen LogP contribution in [0.15, 0.2) is 24.3 Å². The van der Waals surface area contributed by atoms with Crippen molar-refractivity contribution in [3.63, 3.8) is 0 Å². The maximum absolute atomic E-state index is 12.4. The lowest BCUT2D eigenvalue weighted by Gasteiger charge is -2.25. The van der Waals surface area contributed by atoms with Crippen LogP contribution in [0.4, 0.5) is 10.5 Å². The molecule has 4 nitrogen and oxygen atoms in total. The summed E-state index contributed by atoms with van der Waals surface area (Å²) in [6.45, 7) is 7.40. The Hall–Kier alpha value is -1.55. The first-order valence-corrected chi connectivity index (χ1v) is 7.95. The molecule has 1 aliphatic rings. The molecule has 1 saturated heterocycles. The van der Waals surface area contributed by atoms with Gasteiger partial charge in [0.2, 0.25) is 0 Å². The largest absolute Gasteiger partial charge is 0.381 e. The number of anilines is 1. The van der Waals surface area contributed by atoms with Crippen molar-refractivity contribution in [1.82, 2.24) is 4.90 Å². The van der Waals surface area contributed by atoms with Gasteiger partial charge in [-0.2, -0.15) is 0 Å². The summed E-state index contributed by atoms with van der Waals surface area (Å²) in [7, 11) is 0. The van der Waals surface area contributed by atoms with Crippen LogP contribution in [0.2, 0.25) is 0 Å². The van der Waals surface area contributed by atoms with E-state index in [0.717, 1.165) is 51.3 Å². The summed E-state index contributed by atoms with van der Waals surface area (Å²) < 4.78 is 5.40. The normalized spacial score (nSPS) is 17.7. The molecule has 0 spiro atoms. The summed E-state index contributed by atoms with van der Waals surface area (Å²) >= 11 is 0. The van der Waals surface area contributed by atoms with Crippen LogP contribution in [0.25, 0.3) is 0 Å². The SMILES string of the molecule is CCCN(CC1CCOC1)C(=O)Nc1ccc(CC)cc1. The van der Waals surface area contributed by atoms with E-state index >= 15 is 0 Å². The predicted octanol–water partition coefficient (Wildman–Crippen LogP) is 3.53. The van der Waals surface area contributed by atoms with Crippen molar-refractivity contribution >= 4 is 11.7 Å². The molecule has 1 aliphatic heterocycles. The summed E-state index contributed by atoms with van der Waals surface area (Å²) in [5, 5.41) is 3.00. The van der Waals surface area contributed by atoms with Crippen molar-refractivity contribution in [2.45, 2.75) is 33.1 Å². The Labute approximate surface area is 127 Å². The quantitative estimate of drug-likeness (QED) is 0.871. The summed E-state index contributed by atoms with van der Waals surface area (Å²) in [6.07, 6.45) is 3.03. The number of urea groups is 1. The van der Waals surface area contributed by atoms with Crippen molar-refractivity contribution in [2.24, 2.45) is 5.92 Å². The van der Waals surface area contributed by atoms with Gasteiger partial charge >= 0.3 is 6.03 Å². The van der Waals surface area contributed by atoms with Crippen LogP contribution >= 0.6 is 0 Å². The van der Waals surface area contributed by atoms with Crippen molar-refractivity contribution in [2.75, 3.05) is 31.6 Å². The number of rotatable bonds is 6. The van der Waals surface area contributed by atoms with Crippen LogP contribution in [0, 0.1) is 5.92 Å². The highest BCUT2D eigenvalue weighted by Crippen LogP contribution is 2.16. The van der Waals surface area contributed by atoms with E-state index in [9.17, 15) is 4.79 Å². The fraction of sp³-hybridized carbons (Fsp3) is 0.588. The van der Waals surface area contributed by atoms with E-state index < -0.39 is 0 Å². The van der Waals surface area contributed by atoms with Gasteiger partial charge in [0.1, 0.15) is 0 Å². The average Bonchev–Trinajstić information content (AvgIpc) is 3.00. The van der Waals surface area contributed by atoms with Gasteiger partial charge in [0.05, 0.1) is 6.61 Å². The molecule has 1 heterocycles. The first-order chi connectivity index (χ1) is 10.2. The van der Waals surface area contributed by atoms with E-state index in [1.54, 1.807) is 0 Å². The molecule has 0 aromatic heterocycles. The summed E-state index contributed by atoms with van der Waals surface area (Å²) in [4.78, 5) is 14.3. The molecule has 0 radical (unpaired) electrons. The van der Waals surface area contributed by atoms with Crippen molar-refractivity contribution in [3.8, 4) is 0 Å². The molecule has 2 rings (SSSR count). The zero-order valence-electron chi connectivity index (χ0n) is 13.1. The van der Waals surface area contributed by atoms with E-state index in [1.807, 2.05) is 17.0 Å². The second-order valence-corrected chi connectivity index (χ2v) is 5.66.